The van der Waals surface area contributed by atoms with E-state index in [2.05, 4.69) is 9.88 Å². The van der Waals surface area contributed by atoms with Crippen molar-refractivity contribution in [3.63, 3.8) is 0 Å². The smallest absolute Gasteiger partial charge is 0.137 e. The predicted molar refractivity (Wildman–Crippen MR) is 80.4 cm³/mol. The lowest BCUT2D eigenvalue weighted by Gasteiger charge is -2.31. The third kappa shape index (κ3) is 2.77. The number of aliphatic hydroxyl groups excluding tert-OH is 1. The summed E-state index contributed by atoms with van der Waals surface area (Å²) in [6.07, 6.45) is 7.23. The van der Waals surface area contributed by atoms with Crippen molar-refractivity contribution in [3.05, 3.63) is 16.5 Å². The molecular weight excluding hydrogens is 274 g/mol. The number of aromatic nitrogens is 2. The van der Waals surface area contributed by atoms with Gasteiger partial charge in [-0.3, -0.25) is 0 Å². The summed E-state index contributed by atoms with van der Waals surface area (Å²) in [5.41, 5.74) is 0.941. The fraction of sp³-hybridized carbons (Fsp3) is 0.733. The normalized spacial score (nSPS) is 19.6. The molecule has 0 aromatic carbocycles. The minimum atomic E-state index is 0.149. The predicted octanol–water partition coefficient (Wildman–Crippen LogP) is 3.06. The molecule has 1 aromatic heterocycles. The number of nitrogens with zero attached hydrogens (tertiary/aromatic N) is 3. The molecule has 0 radical (unpaired) electrons. The van der Waals surface area contributed by atoms with Crippen molar-refractivity contribution >= 4 is 17.4 Å². The van der Waals surface area contributed by atoms with Crippen molar-refractivity contribution in [2.45, 2.75) is 57.4 Å². The van der Waals surface area contributed by atoms with Gasteiger partial charge in [0.25, 0.3) is 0 Å². The Morgan fingerprint density at radius 3 is 2.50 bits per heavy atom. The van der Waals surface area contributed by atoms with Crippen molar-refractivity contribution < 1.29 is 5.11 Å². The molecule has 0 spiro atoms. The van der Waals surface area contributed by atoms with Crippen LogP contribution in [0.4, 0.5) is 5.82 Å². The first-order valence-corrected chi connectivity index (χ1v) is 8.00. The summed E-state index contributed by atoms with van der Waals surface area (Å²) in [5, 5.41) is 9.96. The van der Waals surface area contributed by atoms with Gasteiger partial charge in [-0.25, -0.2) is 9.97 Å². The van der Waals surface area contributed by atoms with E-state index in [1.807, 2.05) is 6.92 Å². The first kappa shape index (κ1) is 14.1. The zero-order chi connectivity index (χ0) is 14.1. The highest BCUT2D eigenvalue weighted by molar-refractivity contribution is 6.30. The van der Waals surface area contributed by atoms with Gasteiger partial charge in [0.05, 0.1) is 6.61 Å². The van der Waals surface area contributed by atoms with Gasteiger partial charge in [-0.1, -0.05) is 24.4 Å². The molecular formula is C15H22ClN3O. The lowest BCUT2D eigenvalue weighted by molar-refractivity contribution is 0.296. The Morgan fingerprint density at radius 1 is 1.20 bits per heavy atom. The molecule has 0 amide bonds. The SMILES string of the molecule is Cc1c(Cl)nc(C2CC2)nc1N(CCO)C1CCCC1. The van der Waals surface area contributed by atoms with Crippen molar-refractivity contribution in [2.24, 2.45) is 0 Å². The van der Waals surface area contributed by atoms with Crippen LogP contribution in [0.5, 0.6) is 0 Å². The molecule has 0 aliphatic heterocycles. The Kier molecular flexibility index (Phi) is 4.13. The Bertz CT molecular complexity index is 484. The summed E-state index contributed by atoms with van der Waals surface area (Å²) in [4.78, 5) is 11.5. The summed E-state index contributed by atoms with van der Waals surface area (Å²) >= 11 is 6.30. The minimum Gasteiger partial charge on any atom is -0.395 e. The topological polar surface area (TPSA) is 49.2 Å². The van der Waals surface area contributed by atoms with E-state index < -0.39 is 0 Å². The molecule has 1 heterocycles. The van der Waals surface area contributed by atoms with Gasteiger partial charge in [-0.15, -0.1) is 0 Å². The molecule has 2 fully saturated rings. The van der Waals surface area contributed by atoms with Crippen LogP contribution in [0.15, 0.2) is 0 Å². The van der Waals surface area contributed by atoms with Crippen LogP contribution in [0.25, 0.3) is 0 Å². The molecule has 2 saturated carbocycles. The Morgan fingerprint density at radius 2 is 1.90 bits per heavy atom. The molecule has 5 heteroatoms. The fourth-order valence-corrected chi connectivity index (χ4v) is 3.25. The highest BCUT2D eigenvalue weighted by Gasteiger charge is 2.30. The molecule has 2 aliphatic carbocycles. The van der Waals surface area contributed by atoms with Crippen LogP contribution >= 0.6 is 11.6 Å². The van der Waals surface area contributed by atoms with Crippen LogP contribution in [-0.4, -0.2) is 34.3 Å². The second kappa shape index (κ2) is 5.86. The number of aliphatic hydroxyl groups is 1. The van der Waals surface area contributed by atoms with E-state index in [0.717, 1.165) is 17.2 Å². The fourth-order valence-electron chi connectivity index (χ4n) is 3.08. The summed E-state index contributed by atoms with van der Waals surface area (Å²) in [5.74, 6) is 2.32. The average Bonchev–Trinajstić information content (AvgIpc) is 3.15. The van der Waals surface area contributed by atoms with Crippen LogP contribution in [-0.2, 0) is 0 Å². The summed E-state index contributed by atoms with van der Waals surface area (Å²) in [7, 11) is 0. The standard InChI is InChI=1S/C15H22ClN3O/c1-10-13(16)17-14(11-6-7-11)18-15(10)19(8-9-20)12-4-2-3-5-12/h11-12,20H,2-9H2,1H3. The number of anilines is 1. The van der Waals surface area contributed by atoms with Gasteiger partial charge in [-0.2, -0.15) is 0 Å². The molecule has 0 atom stereocenters. The Hall–Kier alpha value is -0.870. The van der Waals surface area contributed by atoms with E-state index in [9.17, 15) is 5.11 Å². The maximum atomic E-state index is 9.39. The van der Waals surface area contributed by atoms with E-state index >= 15 is 0 Å². The zero-order valence-corrected chi connectivity index (χ0v) is 12.7. The number of hydrogen-bond acceptors (Lipinski definition) is 4. The van der Waals surface area contributed by atoms with Gasteiger partial charge in [-0.05, 0) is 32.6 Å². The third-order valence-electron chi connectivity index (χ3n) is 4.40. The summed E-state index contributed by atoms with van der Waals surface area (Å²) < 4.78 is 0. The van der Waals surface area contributed by atoms with Gasteiger partial charge in [0.1, 0.15) is 16.8 Å². The number of halogens is 1. The molecule has 3 rings (SSSR count). The molecule has 4 nitrogen and oxygen atoms in total. The van der Waals surface area contributed by atoms with E-state index in [1.165, 1.54) is 38.5 Å². The van der Waals surface area contributed by atoms with Crippen molar-refractivity contribution in [1.82, 2.24) is 9.97 Å². The van der Waals surface area contributed by atoms with Gasteiger partial charge in [0.15, 0.2) is 0 Å². The third-order valence-corrected chi connectivity index (χ3v) is 4.77. The van der Waals surface area contributed by atoms with E-state index in [-0.39, 0.29) is 6.61 Å². The first-order valence-electron chi connectivity index (χ1n) is 7.62. The van der Waals surface area contributed by atoms with Crippen LogP contribution < -0.4 is 4.90 Å². The van der Waals surface area contributed by atoms with Crippen LogP contribution in [0.2, 0.25) is 5.15 Å². The molecule has 20 heavy (non-hydrogen) atoms. The maximum Gasteiger partial charge on any atom is 0.137 e. The van der Waals surface area contributed by atoms with Crippen molar-refractivity contribution in [2.75, 3.05) is 18.1 Å². The molecule has 0 saturated heterocycles. The lowest BCUT2D eigenvalue weighted by Crippen LogP contribution is -2.37. The monoisotopic (exact) mass is 295 g/mol. The summed E-state index contributed by atoms with van der Waals surface area (Å²) in [6, 6.07) is 0.485. The summed E-state index contributed by atoms with van der Waals surface area (Å²) in [6.45, 7) is 2.76. The van der Waals surface area contributed by atoms with Crippen molar-refractivity contribution in [3.8, 4) is 0 Å². The van der Waals surface area contributed by atoms with Crippen LogP contribution in [0, 0.1) is 6.92 Å². The minimum absolute atomic E-state index is 0.149. The highest BCUT2D eigenvalue weighted by atomic mass is 35.5. The molecule has 2 aliphatic rings. The molecule has 0 bridgehead atoms. The van der Waals surface area contributed by atoms with Gasteiger partial charge < -0.3 is 10.0 Å². The lowest BCUT2D eigenvalue weighted by atomic mass is 10.2. The Labute approximate surface area is 125 Å². The maximum absolute atomic E-state index is 9.39. The van der Waals surface area contributed by atoms with Crippen molar-refractivity contribution in [1.29, 1.82) is 0 Å². The Balaban J connectivity index is 1.95. The largest absolute Gasteiger partial charge is 0.395 e. The van der Waals surface area contributed by atoms with Crippen LogP contribution in [0.1, 0.15) is 55.8 Å². The van der Waals surface area contributed by atoms with E-state index in [1.54, 1.807) is 0 Å². The highest BCUT2D eigenvalue weighted by Crippen LogP contribution is 2.40. The molecule has 1 aromatic rings. The van der Waals surface area contributed by atoms with Gasteiger partial charge >= 0.3 is 0 Å². The quantitative estimate of drug-likeness (QED) is 0.848. The van der Waals surface area contributed by atoms with Gasteiger partial charge in [0, 0.05) is 24.1 Å². The van der Waals surface area contributed by atoms with E-state index in [4.69, 9.17) is 16.6 Å². The second-order valence-electron chi connectivity index (χ2n) is 5.95. The van der Waals surface area contributed by atoms with Crippen LogP contribution in [0.3, 0.4) is 0 Å². The number of rotatable bonds is 5. The average molecular weight is 296 g/mol. The molecule has 0 unspecified atom stereocenters. The molecule has 1 N–H and O–H groups in total. The molecule has 110 valence electrons. The first-order chi connectivity index (χ1) is 9.70. The zero-order valence-electron chi connectivity index (χ0n) is 12.0. The number of hydrogen-bond donors (Lipinski definition) is 1. The van der Waals surface area contributed by atoms with E-state index in [0.29, 0.717) is 23.7 Å². The second-order valence-corrected chi connectivity index (χ2v) is 6.31. The van der Waals surface area contributed by atoms with Gasteiger partial charge in [0.2, 0.25) is 0 Å².